The molecule has 148 valence electrons. The Bertz CT molecular complexity index is 1120. The highest BCUT2D eigenvalue weighted by atomic mass is 16.5. The van der Waals surface area contributed by atoms with Gasteiger partial charge in [-0.3, -0.25) is 9.59 Å². The van der Waals surface area contributed by atoms with Gasteiger partial charge in [0.1, 0.15) is 0 Å². The lowest BCUT2D eigenvalue weighted by Gasteiger charge is -2.16. The fourth-order valence-electron chi connectivity index (χ4n) is 3.42. The highest BCUT2D eigenvalue weighted by Gasteiger charge is 2.20. The number of esters is 1. The van der Waals surface area contributed by atoms with E-state index in [0.717, 1.165) is 18.5 Å². The van der Waals surface area contributed by atoms with Crippen molar-refractivity contribution in [2.24, 2.45) is 0 Å². The van der Waals surface area contributed by atoms with Crippen molar-refractivity contribution in [2.75, 3.05) is 6.54 Å². The van der Waals surface area contributed by atoms with E-state index in [9.17, 15) is 14.4 Å². The molecule has 1 fully saturated rings. The van der Waals surface area contributed by atoms with Gasteiger partial charge >= 0.3 is 5.97 Å². The SMILES string of the molecule is C[C@H](OC(=O)c1ccc(CN2CCCC2=O)cc1)c1nc2ccccc2c(=O)[nH]1. The molecule has 1 atom stereocenters. The first-order valence-corrected chi connectivity index (χ1v) is 9.58. The zero-order valence-electron chi connectivity index (χ0n) is 16.1. The number of carbonyl (C=O) groups is 2. The number of likely N-dealkylation sites (tertiary alicyclic amines) is 1. The van der Waals surface area contributed by atoms with Crippen molar-refractivity contribution in [3.8, 4) is 0 Å². The van der Waals surface area contributed by atoms with Crippen LogP contribution in [0.15, 0.2) is 53.3 Å². The van der Waals surface area contributed by atoms with Gasteiger partial charge in [-0.2, -0.15) is 0 Å². The minimum absolute atomic E-state index is 0.166. The van der Waals surface area contributed by atoms with Crippen LogP contribution in [0.1, 0.15) is 47.6 Å². The molecule has 2 aromatic carbocycles. The van der Waals surface area contributed by atoms with Gasteiger partial charge in [0.15, 0.2) is 11.9 Å². The summed E-state index contributed by atoms with van der Waals surface area (Å²) in [7, 11) is 0. The Labute approximate surface area is 167 Å². The summed E-state index contributed by atoms with van der Waals surface area (Å²) in [5, 5.41) is 0.488. The minimum Gasteiger partial charge on any atom is -0.451 e. The number of carbonyl (C=O) groups excluding carboxylic acids is 2. The van der Waals surface area contributed by atoms with E-state index in [1.807, 2.05) is 17.0 Å². The number of hydrogen-bond donors (Lipinski definition) is 1. The van der Waals surface area contributed by atoms with Crippen LogP contribution < -0.4 is 5.56 Å². The van der Waals surface area contributed by atoms with Gasteiger partial charge in [0, 0.05) is 19.5 Å². The van der Waals surface area contributed by atoms with E-state index in [2.05, 4.69) is 9.97 Å². The summed E-state index contributed by atoms with van der Waals surface area (Å²) < 4.78 is 5.48. The van der Waals surface area contributed by atoms with Crippen molar-refractivity contribution in [2.45, 2.75) is 32.4 Å². The normalized spacial score (nSPS) is 14.9. The number of fused-ring (bicyclic) bond motifs is 1. The maximum atomic E-state index is 12.5. The Kier molecular flexibility index (Phi) is 5.12. The Morgan fingerprint density at radius 3 is 2.66 bits per heavy atom. The number of H-pyrrole nitrogens is 1. The molecule has 29 heavy (non-hydrogen) atoms. The molecule has 0 radical (unpaired) electrons. The van der Waals surface area contributed by atoms with Gasteiger partial charge in [0.2, 0.25) is 5.91 Å². The fourth-order valence-corrected chi connectivity index (χ4v) is 3.42. The summed E-state index contributed by atoms with van der Waals surface area (Å²) >= 11 is 0. The van der Waals surface area contributed by atoms with Crippen LogP contribution in [-0.4, -0.2) is 33.3 Å². The van der Waals surface area contributed by atoms with Gasteiger partial charge in [0.25, 0.3) is 5.56 Å². The number of nitrogens with one attached hydrogen (secondary N) is 1. The monoisotopic (exact) mass is 391 g/mol. The summed E-state index contributed by atoms with van der Waals surface area (Å²) in [4.78, 5) is 45.3. The zero-order chi connectivity index (χ0) is 20.4. The highest BCUT2D eigenvalue weighted by Crippen LogP contribution is 2.18. The number of amides is 1. The first-order chi connectivity index (χ1) is 14.0. The molecule has 0 unspecified atom stereocenters. The molecule has 0 bridgehead atoms. The number of rotatable bonds is 5. The molecule has 1 saturated heterocycles. The second kappa shape index (κ2) is 7.87. The van der Waals surface area contributed by atoms with E-state index in [0.29, 0.717) is 35.3 Å². The molecule has 1 amide bonds. The molecule has 0 spiro atoms. The van der Waals surface area contributed by atoms with Crippen molar-refractivity contribution < 1.29 is 14.3 Å². The van der Waals surface area contributed by atoms with Crippen molar-refractivity contribution in [1.82, 2.24) is 14.9 Å². The molecular weight excluding hydrogens is 370 g/mol. The van der Waals surface area contributed by atoms with Crippen LogP contribution in [0, 0.1) is 0 Å². The van der Waals surface area contributed by atoms with Crippen molar-refractivity contribution >= 4 is 22.8 Å². The smallest absolute Gasteiger partial charge is 0.338 e. The van der Waals surface area contributed by atoms with E-state index in [-0.39, 0.29) is 11.5 Å². The largest absolute Gasteiger partial charge is 0.451 e. The first kappa shape index (κ1) is 18.9. The van der Waals surface area contributed by atoms with Gasteiger partial charge in [-0.25, -0.2) is 9.78 Å². The molecule has 1 N–H and O–H groups in total. The second-order valence-electron chi connectivity index (χ2n) is 7.13. The van der Waals surface area contributed by atoms with Crippen molar-refractivity contribution in [3.63, 3.8) is 0 Å². The van der Waals surface area contributed by atoms with Crippen molar-refractivity contribution in [1.29, 1.82) is 0 Å². The standard InChI is InChI=1S/C22H21N3O4/c1-14(20-23-18-6-3-2-5-17(18)21(27)24-20)29-22(28)16-10-8-15(9-11-16)13-25-12-4-7-19(25)26/h2-3,5-6,8-11,14H,4,7,12-13H2,1H3,(H,23,24,27)/t14-/m0/s1. The van der Waals surface area contributed by atoms with Crippen LogP contribution in [0.5, 0.6) is 0 Å². The van der Waals surface area contributed by atoms with E-state index < -0.39 is 12.1 Å². The molecule has 3 aromatic rings. The van der Waals surface area contributed by atoms with Crippen molar-refractivity contribution in [3.05, 3.63) is 75.8 Å². The average Bonchev–Trinajstić information content (AvgIpc) is 3.13. The molecule has 1 aliphatic rings. The second-order valence-corrected chi connectivity index (χ2v) is 7.13. The van der Waals surface area contributed by atoms with Gasteiger partial charge in [0.05, 0.1) is 16.5 Å². The minimum atomic E-state index is -0.707. The Balaban J connectivity index is 1.44. The molecule has 7 nitrogen and oxygen atoms in total. The molecule has 2 heterocycles. The number of para-hydroxylation sites is 1. The van der Waals surface area contributed by atoms with Gasteiger partial charge < -0.3 is 14.6 Å². The summed E-state index contributed by atoms with van der Waals surface area (Å²) in [6, 6.07) is 14.0. The lowest BCUT2D eigenvalue weighted by atomic mass is 10.1. The van der Waals surface area contributed by atoms with E-state index in [1.54, 1.807) is 43.3 Å². The summed E-state index contributed by atoms with van der Waals surface area (Å²) in [5.74, 6) is -0.0393. The molecule has 4 rings (SSSR count). The van der Waals surface area contributed by atoms with Crippen LogP contribution in [0.2, 0.25) is 0 Å². The number of aromatic nitrogens is 2. The number of nitrogens with zero attached hydrogens (tertiary/aromatic N) is 2. The molecule has 0 aliphatic carbocycles. The highest BCUT2D eigenvalue weighted by molar-refractivity contribution is 5.89. The molecule has 1 aliphatic heterocycles. The average molecular weight is 391 g/mol. The molecular formula is C22H21N3O4. The summed E-state index contributed by atoms with van der Waals surface area (Å²) in [5.41, 5.74) is 1.64. The third-order valence-electron chi connectivity index (χ3n) is 5.03. The van der Waals surface area contributed by atoms with Gasteiger partial charge in [-0.1, -0.05) is 24.3 Å². The molecule has 0 saturated carbocycles. The lowest BCUT2D eigenvalue weighted by molar-refractivity contribution is -0.128. The van der Waals surface area contributed by atoms with Crippen LogP contribution in [0.3, 0.4) is 0 Å². The van der Waals surface area contributed by atoms with E-state index >= 15 is 0 Å². The zero-order valence-corrected chi connectivity index (χ0v) is 16.1. The quantitative estimate of drug-likeness (QED) is 0.675. The summed E-state index contributed by atoms with van der Waals surface area (Å²) in [6.45, 7) is 2.99. The van der Waals surface area contributed by atoms with Gasteiger partial charge in [-0.15, -0.1) is 0 Å². The molecule has 7 heteroatoms. The Morgan fingerprint density at radius 2 is 1.93 bits per heavy atom. The number of benzene rings is 2. The lowest BCUT2D eigenvalue weighted by Crippen LogP contribution is -2.23. The maximum Gasteiger partial charge on any atom is 0.338 e. The third-order valence-corrected chi connectivity index (χ3v) is 5.03. The Hall–Kier alpha value is -3.48. The van der Waals surface area contributed by atoms with Crippen LogP contribution in [0.25, 0.3) is 10.9 Å². The van der Waals surface area contributed by atoms with E-state index in [4.69, 9.17) is 4.74 Å². The predicted molar refractivity (Wildman–Crippen MR) is 107 cm³/mol. The van der Waals surface area contributed by atoms with Crippen LogP contribution in [-0.2, 0) is 16.1 Å². The topological polar surface area (TPSA) is 92.4 Å². The predicted octanol–water partition coefficient (Wildman–Crippen LogP) is 2.96. The number of hydrogen-bond acceptors (Lipinski definition) is 5. The third kappa shape index (κ3) is 4.03. The fraction of sp³-hybridized carbons (Fsp3) is 0.273. The van der Waals surface area contributed by atoms with Crippen LogP contribution >= 0.6 is 0 Å². The summed E-state index contributed by atoms with van der Waals surface area (Å²) in [6.07, 6.45) is 0.792. The maximum absolute atomic E-state index is 12.5. The number of ether oxygens (including phenoxy) is 1. The number of aromatic amines is 1. The van der Waals surface area contributed by atoms with Crippen LogP contribution in [0.4, 0.5) is 0 Å². The Morgan fingerprint density at radius 1 is 1.17 bits per heavy atom. The van der Waals surface area contributed by atoms with Gasteiger partial charge in [-0.05, 0) is 43.2 Å². The first-order valence-electron chi connectivity index (χ1n) is 9.58. The molecule has 1 aromatic heterocycles. The van der Waals surface area contributed by atoms with E-state index in [1.165, 1.54) is 0 Å².